The van der Waals surface area contributed by atoms with E-state index in [1.807, 2.05) is 6.92 Å². The first-order valence-corrected chi connectivity index (χ1v) is 10.7. The summed E-state index contributed by atoms with van der Waals surface area (Å²) in [6.07, 6.45) is 0. The van der Waals surface area contributed by atoms with Gasteiger partial charge in [-0.05, 0) is 24.6 Å². The molecule has 4 rings (SSSR count). The minimum absolute atomic E-state index is 0.0316. The summed E-state index contributed by atoms with van der Waals surface area (Å²) in [5.74, 6) is -0.422. The number of aryl methyl sites for hydroxylation is 1. The molecule has 7 nitrogen and oxygen atoms in total. The zero-order valence-corrected chi connectivity index (χ0v) is 18.5. The second-order valence-corrected chi connectivity index (χ2v) is 8.41. The number of halogens is 2. The van der Waals surface area contributed by atoms with Crippen LogP contribution >= 0.6 is 23.2 Å². The molecule has 0 spiro atoms. The van der Waals surface area contributed by atoms with Crippen molar-refractivity contribution in [2.45, 2.75) is 19.4 Å². The molecular weight excluding hydrogens is 439 g/mol. The van der Waals surface area contributed by atoms with E-state index in [0.29, 0.717) is 46.7 Å². The van der Waals surface area contributed by atoms with Crippen LogP contribution in [-0.4, -0.2) is 42.3 Å². The van der Waals surface area contributed by atoms with E-state index in [9.17, 15) is 10.1 Å². The maximum atomic E-state index is 13.6. The van der Waals surface area contributed by atoms with Gasteiger partial charge in [0, 0.05) is 48.0 Å². The van der Waals surface area contributed by atoms with Gasteiger partial charge in [-0.25, -0.2) is 0 Å². The number of rotatable bonds is 4. The van der Waals surface area contributed by atoms with E-state index in [0.717, 1.165) is 25.3 Å². The Kier molecular flexibility index (Phi) is 6.26. The number of ether oxygens (including phenoxy) is 2. The van der Waals surface area contributed by atoms with Crippen molar-refractivity contribution in [3.8, 4) is 11.8 Å². The number of allylic oxidation sites excluding steroid dienone is 1. The van der Waals surface area contributed by atoms with Gasteiger partial charge in [0.15, 0.2) is 0 Å². The molecule has 1 aromatic carbocycles. The number of nitrogens with two attached hydrogens (primary N) is 1. The van der Waals surface area contributed by atoms with Crippen LogP contribution in [0.5, 0.6) is 5.75 Å². The third kappa shape index (κ3) is 4.17. The fraction of sp³-hybridized carbons (Fsp3) is 0.364. The summed E-state index contributed by atoms with van der Waals surface area (Å²) < 4.78 is 12.8. The van der Waals surface area contributed by atoms with Gasteiger partial charge in [-0.3, -0.25) is 9.69 Å². The molecule has 0 bridgehead atoms. The van der Waals surface area contributed by atoms with Gasteiger partial charge in [-0.2, -0.15) is 5.26 Å². The Morgan fingerprint density at radius 2 is 1.97 bits per heavy atom. The maximum absolute atomic E-state index is 13.6. The number of pyridine rings is 1. The van der Waals surface area contributed by atoms with Gasteiger partial charge < -0.3 is 19.8 Å². The highest BCUT2D eigenvalue weighted by molar-refractivity contribution is 6.35. The quantitative estimate of drug-likeness (QED) is 0.753. The molecule has 162 valence electrons. The number of nitriles is 1. The molecule has 1 atom stereocenters. The summed E-state index contributed by atoms with van der Waals surface area (Å²) in [6.45, 7) is 6.15. The highest BCUT2D eigenvalue weighted by atomic mass is 35.5. The zero-order valence-electron chi connectivity index (χ0n) is 17.0. The first-order valence-electron chi connectivity index (χ1n) is 9.97. The lowest BCUT2D eigenvalue weighted by Crippen LogP contribution is -2.40. The van der Waals surface area contributed by atoms with Crippen molar-refractivity contribution in [1.29, 1.82) is 5.26 Å². The smallest absolute Gasteiger partial charge is 0.258 e. The molecule has 1 fully saturated rings. The molecule has 1 saturated heterocycles. The minimum Gasteiger partial charge on any atom is -0.440 e. The molecule has 1 aromatic heterocycles. The van der Waals surface area contributed by atoms with Crippen LogP contribution in [0.3, 0.4) is 0 Å². The van der Waals surface area contributed by atoms with Crippen molar-refractivity contribution in [2.24, 2.45) is 5.73 Å². The van der Waals surface area contributed by atoms with Crippen LogP contribution < -0.4 is 16.0 Å². The second kappa shape index (κ2) is 8.93. The average molecular weight is 461 g/mol. The Morgan fingerprint density at radius 1 is 1.23 bits per heavy atom. The Balaban J connectivity index is 1.81. The van der Waals surface area contributed by atoms with E-state index in [4.69, 9.17) is 38.4 Å². The number of morpholine rings is 1. The van der Waals surface area contributed by atoms with Crippen LogP contribution in [-0.2, 0) is 11.3 Å². The Labute approximate surface area is 190 Å². The Morgan fingerprint density at radius 3 is 2.65 bits per heavy atom. The van der Waals surface area contributed by atoms with Crippen molar-refractivity contribution in [3.63, 3.8) is 0 Å². The van der Waals surface area contributed by atoms with Gasteiger partial charge >= 0.3 is 0 Å². The van der Waals surface area contributed by atoms with Crippen molar-refractivity contribution < 1.29 is 9.47 Å². The Bertz CT molecular complexity index is 1150. The molecule has 2 aromatic rings. The molecule has 2 N–H and O–H groups in total. The van der Waals surface area contributed by atoms with Gasteiger partial charge in [0.25, 0.3) is 5.56 Å². The molecule has 0 radical (unpaired) electrons. The van der Waals surface area contributed by atoms with Crippen molar-refractivity contribution in [3.05, 3.63) is 72.9 Å². The molecule has 0 unspecified atom stereocenters. The summed E-state index contributed by atoms with van der Waals surface area (Å²) in [5.41, 5.74) is 7.66. The SMILES string of the molecule is Cc1cc2c(c(=O)n1CCN1CCOCC1)[C@H](c1ccc(Cl)cc1Cl)C(C#N)=C(N)O2. The summed E-state index contributed by atoms with van der Waals surface area (Å²) in [4.78, 5) is 15.9. The van der Waals surface area contributed by atoms with Gasteiger partial charge in [0.05, 0.1) is 24.7 Å². The van der Waals surface area contributed by atoms with Gasteiger partial charge in [-0.15, -0.1) is 0 Å². The first-order chi connectivity index (χ1) is 14.9. The number of fused-ring (bicyclic) bond motifs is 1. The number of aromatic nitrogens is 1. The lowest BCUT2D eigenvalue weighted by molar-refractivity contribution is 0.0362. The molecule has 0 amide bonds. The van der Waals surface area contributed by atoms with Gasteiger partial charge in [0.1, 0.15) is 17.4 Å². The van der Waals surface area contributed by atoms with Crippen LogP contribution in [0, 0.1) is 18.3 Å². The van der Waals surface area contributed by atoms with Crippen molar-refractivity contribution in [2.75, 3.05) is 32.8 Å². The largest absolute Gasteiger partial charge is 0.440 e. The minimum atomic E-state index is -0.735. The summed E-state index contributed by atoms with van der Waals surface area (Å²) in [6, 6.07) is 8.86. The van der Waals surface area contributed by atoms with Crippen molar-refractivity contribution in [1.82, 2.24) is 9.47 Å². The van der Waals surface area contributed by atoms with Crippen LogP contribution in [0.25, 0.3) is 0 Å². The topological polar surface area (TPSA) is 93.5 Å². The van der Waals surface area contributed by atoms with Crippen LogP contribution in [0.4, 0.5) is 0 Å². The van der Waals surface area contributed by atoms with E-state index >= 15 is 0 Å². The fourth-order valence-electron chi connectivity index (χ4n) is 4.08. The van der Waals surface area contributed by atoms with Crippen LogP contribution in [0.1, 0.15) is 22.7 Å². The lowest BCUT2D eigenvalue weighted by atomic mass is 9.84. The standard InChI is InChI=1S/C22H22Cl2N4O3/c1-13-10-18-20(22(29)28(13)5-4-27-6-8-30-9-7-27)19(16(12-25)21(26)31-18)15-3-2-14(23)11-17(15)24/h2-3,10-11,19H,4-9,26H2,1H3/t19-/m1/s1. The highest BCUT2D eigenvalue weighted by Crippen LogP contribution is 2.43. The van der Waals surface area contributed by atoms with Crippen LogP contribution in [0.15, 0.2) is 40.5 Å². The molecular formula is C22H22Cl2N4O3. The molecule has 2 aliphatic rings. The summed E-state index contributed by atoms with van der Waals surface area (Å²) >= 11 is 12.5. The molecule has 0 aliphatic carbocycles. The number of hydrogen-bond acceptors (Lipinski definition) is 6. The van der Waals surface area contributed by atoms with E-state index in [2.05, 4.69) is 11.0 Å². The van der Waals surface area contributed by atoms with Gasteiger partial charge in [-0.1, -0.05) is 29.3 Å². The lowest BCUT2D eigenvalue weighted by Gasteiger charge is -2.29. The summed E-state index contributed by atoms with van der Waals surface area (Å²) in [7, 11) is 0. The zero-order chi connectivity index (χ0) is 22.1. The summed E-state index contributed by atoms with van der Waals surface area (Å²) in [5, 5.41) is 10.6. The first kappa shape index (κ1) is 21.7. The molecule has 9 heteroatoms. The molecule has 3 heterocycles. The van der Waals surface area contributed by atoms with E-state index in [1.165, 1.54) is 0 Å². The predicted molar refractivity (Wildman–Crippen MR) is 118 cm³/mol. The number of benzene rings is 1. The third-order valence-corrected chi connectivity index (χ3v) is 6.27. The molecule has 31 heavy (non-hydrogen) atoms. The highest BCUT2D eigenvalue weighted by Gasteiger charge is 2.35. The maximum Gasteiger partial charge on any atom is 0.258 e. The normalized spacial score (nSPS) is 19.0. The number of nitrogens with zero attached hydrogens (tertiary/aromatic N) is 3. The van der Waals surface area contributed by atoms with Crippen LogP contribution in [0.2, 0.25) is 10.0 Å². The third-order valence-electron chi connectivity index (χ3n) is 5.71. The molecule has 0 saturated carbocycles. The second-order valence-electron chi connectivity index (χ2n) is 7.57. The van der Waals surface area contributed by atoms with E-state index < -0.39 is 5.92 Å². The number of hydrogen-bond donors (Lipinski definition) is 1. The monoisotopic (exact) mass is 460 g/mol. The van der Waals surface area contributed by atoms with E-state index in [-0.39, 0.29) is 17.0 Å². The van der Waals surface area contributed by atoms with Crippen molar-refractivity contribution >= 4 is 23.2 Å². The van der Waals surface area contributed by atoms with Gasteiger partial charge in [0.2, 0.25) is 5.88 Å². The Hall–Kier alpha value is -2.50. The van der Waals surface area contributed by atoms with E-state index in [1.54, 1.807) is 28.8 Å². The molecule has 2 aliphatic heterocycles. The predicted octanol–water partition coefficient (Wildman–Crippen LogP) is 3.01. The fourth-order valence-corrected chi connectivity index (χ4v) is 4.59. The average Bonchev–Trinajstić information content (AvgIpc) is 2.73.